The number of nitrogens with one attached hydrogen (secondary N) is 1. The average molecular weight is 270 g/mol. The molecule has 1 heterocycles. The Bertz CT molecular complexity index is 548. The fourth-order valence-corrected chi connectivity index (χ4v) is 1.73. The number of halogens is 3. The number of para-hydroxylation sites is 1. The van der Waals surface area contributed by atoms with Crippen LogP contribution in [-0.2, 0) is 12.7 Å². The molecule has 102 valence electrons. The van der Waals surface area contributed by atoms with Crippen LogP contribution in [0, 0.1) is 0 Å². The van der Waals surface area contributed by atoms with Gasteiger partial charge in [0.25, 0.3) is 0 Å². The summed E-state index contributed by atoms with van der Waals surface area (Å²) in [7, 11) is 0. The third-order valence-corrected chi connectivity index (χ3v) is 2.61. The highest BCUT2D eigenvalue weighted by Gasteiger charge is 2.34. The molecular weight excluding hydrogens is 257 g/mol. The van der Waals surface area contributed by atoms with E-state index in [9.17, 15) is 13.2 Å². The van der Waals surface area contributed by atoms with E-state index in [1.807, 2.05) is 6.92 Å². The maximum absolute atomic E-state index is 12.9. The van der Waals surface area contributed by atoms with E-state index in [1.54, 1.807) is 6.07 Å². The first kappa shape index (κ1) is 13.5. The number of aromatic nitrogens is 3. The molecule has 1 N–H and O–H groups in total. The molecule has 1 aromatic carbocycles. The van der Waals surface area contributed by atoms with Crippen LogP contribution in [0.25, 0.3) is 5.69 Å². The lowest BCUT2D eigenvalue weighted by Gasteiger charge is -2.13. The quantitative estimate of drug-likeness (QED) is 0.927. The highest BCUT2D eigenvalue weighted by Crippen LogP contribution is 2.33. The van der Waals surface area contributed by atoms with Crippen molar-refractivity contribution in [1.82, 2.24) is 20.3 Å². The monoisotopic (exact) mass is 270 g/mol. The average Bonchev–Trinajstić information content (AvgIpc) is 2.83. The maximum Gasteiger partial charge on any atom is 0.418 e. The van der Waals surface area contributed by atoms with Gasteiger partial charge in [0.1, 0.15) is 0 Å². The molecule has 0 saturated heterocycles. The van der Waals surface area contributed by atoms with E-state index >= 15 is 0 Å². The third-order valence-electron chi connectivity index (χ3n) is 2.61. The van der Waals surface area contributed by atoms with E-state index in [1.165, 1.54) is 23.0 Å². The van der Waals surface area contributed by atoms with Gasteiger partial charge in [-0.3, -0.25) is 0 Å². The Labute approximate surface area is 108 Å². The zero-order chi connectivity index (χ0) is 13.9. The van der Waals surface area contributed by atoms with Crippen molar-refractivity contribution in [1.29, 1.82) is 0 Å². The third kappa shape index (κ3) is 2.93. The lowest BCUT2D eigenvalue weighted by molar-refractivity contribution is -0.137. The van der Waals surface area contributed by atoms with Gasteiger partial charge in [0, 0.05) is 6.54 Å². The molecule has 0 fully saturated rings. The summed E-state index contributed by atoms with van der Waals surface area (Å²) in [5.74, 6) is 0. The number of hydrogen-bond acceptors (Lipinski definition) is 3. The minimum atomic E-state index is -4.42. The van der Waals surface area contributed by atoms with Gasteiger partial charge in [0.15, 0.2) is 0 Å². The topological polar surface area (TPSA) is 42.7 Å². The summed E-state index contributed by atoms with van der Waals surface area (Å²) >= 11 is 0. The van der Waals surface area contributed by atoms with Crippen LogP contribution >= 0.6 is 0 Å². The SMILES string of the molecule is CCNCc1cnnn1-c1ccccc1C(F)(F)F. The second-order valence-corrected chi connectivity index (χ2v) is 3.93. The molecule has 2 aromatic rings. The van der Waals surface area contributed by atoms with Crippen molar-refractivity contribution in [3.63, 3.8) is 0 Å². The summed E-state index contributed by atoms with van der Waals surface area (Å²) in [6.07, 6.45) is -2.96. The summed E-state index contributed by atoms with van der Waals surface area (Å²) < 4.78 is 40.1. The van der Waals surface area contributed by atoms with Crippen LogP contribution in [0.1, 0.15) is 18.2 Å². The number of hydrogen-bond donors (Lipinski definition) is 1. The van der Waals surface area contributed by atoms with Crippen molar-refractivity contribution in [3.05, 3.63) is 41.7 Å². The predicted molar refractivity (Wildman–Crippen MR) is 63.7 cm³/mol. The van der Waals surface area contributed by atoms with Gasteiger partial charge < -0.3 is 5.32 Å². The van der Waals surface area contributed by atoms with Crippen LogP contribution in [0.5, 0.6) is 0 Å². The Balaban J connectivity index is 2.45. The molecule has 0 unspecified atom stereocenters. The highest BCUT2D eigenvalue weighted by atomic mass is 19.4. The molecule has 19 heavy (non-hydrogen) atoms. The Morgan fingerprint density at radius 1 is 1.26 bits per heavy atom. The van der Waals surface area contributed by atoms with E-state index in [0.717, 1.165) is 6.07 Å². The summed E-state index contributed by atoms with van der Waals surface area (Å²) in [5.41, 5.74) is -0.155. The fourth-order valence-electron chi connectivity index (χ4n) is 1.73. The Morgan fingerprint density at radius 2 is 2.00 bits per heavy atom. The first-order valence-electron chi connectivity index (χ1n) is 5.81. The largest absolute Gasteiger partial charge is 0.418 e. The van der Waals surface area contributed by atoms with E-state index in [0.29, 0.717) is 18.8 Å². The van der Waals surface area contributed by atoms with Crippen LogP contribution in [0.2, 0.25) is 0 Å². The molecule has 0 radical (unpaired) electrons. The number of benzene rings is 1. The summed E-state index contributed by atoms with van der Waals surface area (Å²) in [5, 5.41) is 10.5. The van der Waals surface area contributed by atoms with Gasteiger partial charge >= 0.3 is 6.18 Å². The molecular formula is C12H13F3N4. The lowest BCUT2D eigenvalue weighted by atomic mass is 10.1. The van der Waals surface area contributed by atoms with E-state index in [-0.39, 0.29) is 5.69 Å². The zero-order valence-electron chi connectivity index (χ0n) is 10.3. The van der Waals surface area contributed by atoms with Gasteiger partial charge in [-0.2, -0.15) is 13.2 Å². The van der Waals surface area contributed by atoms with Gasteiger partial charge in [0.05, 0.1) is 23.1 Å². The van der Waals surface area contributed by atoms with Crippen LogP contribution in [0.15, 0.2) is 30.5 Å². The minimum Gasteiger partial charge on any atom is -0.311 e. The second kappa shape index (κ2) is 5.40. The zero-order valence-corrected chi connectivity index (χ0v) is 10.3. The molecule has 0 atom stereocenters. The summed E-state index contributed by atoms with van der Waals surface area (Å²) in [6, 6.07) is 5.32. The van der Waals surface area contributed by atoms with E-state index in [2.05, 4.69) is 15.6 Å². The first-order valence-corrected chi connectivity index (χ1v) is 5.81. The van der Waals surface area contributed by atoms with Crippen molar-refractivity contribution in [3.8, 4) is 5.69 Å². The van der Waals surface area contributed by atoms with Gasteiger partial charge in [-0.15, -0.1) is 5.10 Å². The molecule has 0 spiro atoms. The highest BCUT2D eigenvalue weighted by molar-refractivity contribution is 5.42. The van der Waals surface area contributed by atoms with Crippen LogP contribution in [0.3, 0.4) is 0 Å². The lowest BCUT2D eigenvalue weighted by Crippen LogP contribution is -2.17. The fraction of sp³-hybridized carbons (Fsp3) is 0.333. The molecule has 1 aromatic heterocycles. The van der Waals surface area contributed by atoms with Crippen molar-refractivity contribution in [2.75, 3.05) is 6.54 Å². The molecule has 0 amide bonds. The van der Waals surface area contributed by atoms with E-state index in [4.69, 9.17) is 0 Å². The molecule has 0 aliphatic heterocycles. The molecule has 4 nitrogen and oxygen atoms in total. The Kier molecular flexibility index (Phi) is 3.84. The minimum absolute atomic E-state index is 0.0135. The molecule has 2 rings (SSSR count). The van der Waals surface area contributed by atoms with Gasteiger partial charge in [0.2, 0.25) is 0 Å². The van der Waals surface area contributed by atoms with Crippen molar-refractivity contribution in [2.24, 2.45) is 0 Å². The van der Waals surface area contributed by atoms with Crippen LogP contribution in [0.4, 0.5) is 13.2 Å². The van der Waals surface area contributed by atoms with Crippen LogP contribution < -0.4 is 5.32 Å². The first-order chi connectivity index (χ1) is 9.04. The Hall–Kier alpha value is -1.89. The predicted octanol–water partition coefficient (Wildman–Crippen LogP) is 2.40. The van der Waals surface area contributed by atoms with Crippen molar-refractivity contribution in [2.45, 2.75) is 19.6 Å². The van der Waals surface area contributed by atoms with Crippen molar-refractivity contribution >= 4 is 0 Å². The standard InChI is InChI=1S/C12H13F3N4/c1-2-16-7-9-8-17-18-19(9)11-6-4-3-5-10(11)12(13,14)15/h3-6,8,16H,2,7H2,1H3. The normalized spacial score (nSPS) is 11.8. The summed E-state index contributed by atoms with van der Waals surface area (Å²) in [4.78, 5) is 0. The molecule has 0 aliphatic carbocycles. The Morgan fingerprint density at radius 3 is 2.68 bits per heavy atom. The second-order valence-electron chi connectivity index (χ2n) is 3.93. The number of nitrogens with zero attached hydrogens (tertiary/aromatic N) is 3. The molecule has 0 saturated carbocycles. The molecule has 0 aliphatic rings. The number of rotatable bonds is 4. The van der Waals surface area contributed by atoms with Crippen molar-refractivity contribution < 1.29 is 13.2 Å². The van der Waals surface area contributed by atoms with Gasteiger partial charge in [-0.1, -0.05) is 24.3 Å². The van der Waals surface area contributed by atoms with Gasteiger partial charge in [-0.05, 0) is 18.7 Å². The smallest absolute Gasteiger partial charge is 0.311 e. The number of alkyl halides is 3. The molecule has 0 bridgehead atoms. The van der Waals surface area contributed by atoms with E-state index < -0.39 is 11.7 Å². The summed E-state index contributed by atoms with van der Waals surface area (Å²) in [6.45, 7) is 3.04. The van der Waals surface area contributed by atoms with Crippen LogP contribution in [-0.4, -0.2) is 21.5 Å². The maximum atomic E-state index is 12.9. The van der Waals surface area contributed by atoms with Gasteiger partial charge in [-0.25, -0.2) is 4.68 Å². The molecule has 7 heteroatoms.